The molecule has 0 amide bonds. The van der Waals surface area contributed by atoms with E-state index < -0.39 is 11.9 Å². The standard InChI is InChI=1S/C7H10O4S/c1-10-6(8)4-5(12-3)7(9)11-2/h4H,1-3H3/b5-4-. The van der Waals surface area contributed by atoms with E-state index in [2.05, 4.69) is 9.47 Å². The predicted molar refractivity (Wildman–Crippen MR) is 45.6 cm³/mol. The molecule has 0 bridgehead atoms. The SMILES string of the molecule is COC(=O)/C=C(\SC)C(=O)OC. The molecule has 0 heterocycles. The number of hydrogen-bond donors (Lipinski definition) is 0. The van der Waals surface area contributed by atoms with Crippen LogP contribution in [0.5, 0.6) is 0 Å². The minimum absolute atomic E-state index is 0.226. The average Bonchev–Trinajstić information content (AvgIpc) is 2.12. The van der Waals surface area contributed by atoms with E-state index in [4.69, 9.17) is 0 Å². The van der Waals surface area contributed by atoms with Crippen LogP contribution in [0.25, 0.3) is 0 Å². The van der Waals surface area contributed by atoms with E-state index in [9.17, 15) is 9.59 Å². The van der Waals surface area contributed by atoms with Crippen LogP contribution in [-0.2, 0) is 19.1 Å². The Morgan fingerprint density at radius 3 is 2.17 bits per heavy atom. The zero-order valence-electron chi connectivity index (χ0n) is 7.12. The maximum atomic E-state index is 10.9. The van der Waals surface area contributed by atoms with Gasteiger partial charge in [0.1, 0.15) is 0 Å². The summed E-state index contributed by atoms with van der Waals surface area (Å²) in [5.74, 6) is -1.10. The number of methoxy groups -OCH3 is 2. The first-order valence-electron chi connectivity index (χ1n) is 3.07. The Kier molecular flexibility index (Phi) is 5.19. The molecule has 0 aromatic heterocycles. The summed E-state index contributed by atoms with van der Waals surface area (Å²) in [6.45, 7) is 0. The lowest BCUT2D eigenvalue weighted by atomic mass is 10.5. The van der Waals surface area contributed by atoms with Gasteiger partial charge in [-0.15, -0.1) is 11.8 Å². The molecule has 12 heavy (non-hydrogen) atoms. The first-order chi connectivity index (χ1) is 5.65. The number of thioether (sulfide) groups is 1. The van der Waals surface area contributed by atoms with Crippen molar-refractivity contribution in [3.05, 3.63) is 11.0 Å². The van der Waals surface area contributed by atoms with Crippen LogP contribution >= 0.6 is 11.8 Å². The van der Waals surface area contributed by atoms with E-state index >= 15 is 0 Å². The van der Waals surface area contributed by atoms with E-state index in [1.807, 2.05) is 0 Å². The summed E-state index contributed by atoms with van der Waals surface area (Å²) in [6.07, 6.45) is 2.77. The van der Waals surface area contributed by atoms with Gasteiger partial charge >= 0.3 is 11.9 Å². The van der Waals surface area contributed by atoms with Crippen molar-refractivity contribution in [3.8, 4) is 0 Å². The van der Waals surface area contributed by atoms with E-state index in [0.717, 1.165) is 17.8 Å². The molecule has 0 aliphatic rings. The topological polar surface area (TPSA) is 52.6 Å². The maximum Gasteiger partial charge on any atom is 0.344 e. The predicted octanol–water partition coefficient (Wildman–Crippen LogP) is 0.579. The first-order valence-corrected chi connectivity index (χ1v) is 4.30. The summed E-state index contributed by atoms with van der Waals surface area (Å²) in [6, 6.07) is 0. The molecule has 0 aliphatic carbocycles. The second-order valence-corrected chi connectivity index (χ2v) is 2.58. The lowest BCUT2D eigenvalue weighted by Crippen LogP contribution is -2.05. The molecular formula is C7H10O4S. The van der Waals surface area contributed by atoms with Gasteiger partial charge in [0.15, 0.2) is 0 Å². The van der Waals surface area contributed by atoms with Gasteiger partial charge < -0.3 is 9.47 Å². The van der Waals surface area contributed by atoms with Gasteiger partial charge in [0.2, 0.25) is 0 Å². The lowest BCUT2D eigenvalue weighted by molar-refractivity contribution is -0.137. The van der Waals surface area contributed by atoms with E-state index in [-0.39, 0.29) is 4.91 Å². The van der Waals surface area contributed by atoms with E-state index in [1.54, 1.807) is 6.26 Å². The molecule has 0 atom stereocenters. The summed E-state index contributed by atoms with van der Waals surface area (Å²) < 4.78 is 8.75. The summed E-state index contributed by atoms with van der Waals surface area (Å²) in [5.41, 5.74) is 0. The second kappa shape index (κ2) is 5.65. The zero-order valence-corrected chi connectivity index (χ0v) is 7.94. The maximum absolute atomic E-state index is 10.9. The molecule has 0 aromatic rings. The highest BCUT2D eigenvalue weighted by atomic mass is 32.2. The van der Waals surface area contributed by atoms with Crippen molar-refractivity contribution in [2.45, 2.75) is 0 Å². The fourth-order valence-electron chi connectivity index (χ4n) is 0.468. The van der Waals surface area contributed by atoms with Crippen LogP contribution in [-0.4, -0.2) is 32.4 Å². The van der Waals surface area contributed by atoms with Crippen LogP contribution in [0, 0.1) is 0 Å². The normalized spacial score (nSPS) is 10.8. The fraction of sp³-hybridized carbons (Fsp3) is 0.429. The van der Waals surface area contributed by atoms with Crippen LogP contribution in [0.4, 0.5) is 0 Å². The van der Waals surface area contributed by atoms with Crippen molar-refractivity contribution >= 4 is 23.7 Å². The molecule has 0 aromatic carbocycles. The molecule has 5 heteroatoms. The van der Waals surface area contributed by atoms with Crippen LogP contribution in [0.15, 0.2) is 11.0 Å². The number of carbonyl (C=O) groups is 2. The summed E-state index contributed by atoms with van der Waals surface area (Å²) in [4.78, 5) is 21.8. The van der Waals surface area contributed by atoms with Crippen LogP contribution in [0.2, 0.25) is 0 Å². The molecule has 0 radical (unpaired) electrons. The third-order valence-electron chi connectivity index (χ3n) is 1.06. The Morgan fingerprint density at radius 1 is 1.25 bits per heavy atom. The number of carbonyl (C=O) groups excluding carboxylic acids is 2. The summed E-state index contributed by atoms with van der Waals surface area (Å²) in [5, 5.41) is 0. The van der Waals surface area contributed by atoms with E-state index in [1.165, 1.54) is 14.2 Å². The highest BCUT2D eigenvalue weighted by Gasteiger charge is 2.09. The minimum atomic E-state index is -0.565. The van der Waals surface area contributed by atoms with Crippen LogP contribution in [0.1, 0.15) is 0 Å². The Balaban J connectivity index is 4.43. The van der Waals surface area contributed by atoms with Gasteiger partial charge in [0.25, 0.3) is 0 Å². The average molecular weight is 190 g/mol. The Morgan fingerprint density at radius 2 is 1.83 bits per heavy atom. The lowest BCUT2D eigenvalue weighted by Gasteiger charge is -1.99. The second-order valence-electron chi connectivity index (χ2n) is 1.73. The highest BCUT2D eigenvalue weighted by Crippen LogP contribution is 2.12. The summed E-state index contributed by atoms with van der Waals surface area (Å²) >= 11 is 1.13. The Hall–Kier alpha value is -0.970. The Labute approximate surface area is 74.9 Å². The van der Waals surface area contributed by atoms with Crippen molar-refractivity contribution in [2.24, 2.45) is 0 Å². The van der Waals surface area contributed by atoms with Crippen LogP contribution in [0.3, 0.4) is 0 Å². The molecule has 68 valence electrons. The zero-order chi connectivity index (χ0) is 9.56. The molecule has 0 aliphatic heterocycles. The molecule has 0 fully saturated rings. The molecule has 0 saturated carbocycles. The van der Waals surface area contributed by atoms with Crippen molar-refractivity contribution in [1.29, 1.82) is 0 Å². The molecular weight excluding hydrogens is 180 g/mol. The minimum Gasteiger partial charge on any atom is -0.466 e. The van der Waals surface area contributed by atoms with Crippen LogP contribution < -0.4 is 0 Å². The van der Waals surface area contributed by atoms with Gasteiger partial charge in [-0.2, -0.15) is 0 Å². The molecule has 0 saturated heterocycles. The van der Waals surface area contributed by atoms with Gasteiger partial charge in [-0.1, -0.05) is 0 Å². The largest absolute Gasteiger partial charge is 0.466 e. The van der Waals surface area contributed by atoms with Crippen molar-refractivity contribution in [3.63, 3.8) is 0 Å². The Bertz CT molecular complexity index is 209. The molecule has 4 nitrogen and oxygen atoms in total. The molecule has 0 N–H and O–H groups in total. The monoisotopic (exact) mass is 190 g/mol. The number of esters is 2. The molecule has 0 rings (SSSR count). The van der Waals surface area contributed by atoms with Crippen molar-refractivity contribution < 1.29 is 19.1 Å². The molecule has 0 spiro atoms. The highest BCUT2D eigenvalue weighted by molar-refractivity contribution is 8.03. The smallest absolute Gasteiger partial charge is 0.344 e. The first kappa shape index (κ1) is 11.0. The van der Waals surface area contributed by atoms with E-state index in [0.29, 0.717) is 0 Å². The fourth-order valence-corrected chi connectivity index (χ4v) is 0.932. The van der Waals surface area contributed by atoms with Gasteiger partial charge in [0.05, 0.1) is 19.1 Å². The number of hydrogen-bond acceptors (Lipinski definition) is 5. The third-order valence-corrected chi connectivity index (χ3v) is 1.78. The number of ether oxygens (including phenoxy) is 2. The van der Waals surface area contributed by atoms with Crippen molar-refractivity contribution in [2.75, 3.05) is 20.5 Å². The summed E-state index contributed by atoms with van der Waals surface area (Å²) in [7, 11) is 2.50. The van der Waals surface area contributed by atoms with Crippen molar-refractivity contribution in [1.82, 2.24) is 0 Å². The third kappa shape index (κ3) is 3.43. The quantitative estimate of drug-likeness (QED) is 0.481. The van der Waals surface area contributed by atoms with Gasteiger partial charge in [0, 0.05) is 6.08 Å². The van der Waals surface area contributed by atoms with Gasteiger partial charge in [-0.3, -0.25) is 0 Å². The molecule has 0 unspecified atom stereocenters. The van der Waals surface area contributed by atoms with Gasteiger partial charge in [-0.25, -0.2) is 9.59 Å². The number of rotatable bonds is 3. The van der Waals surface area contributed by atoms with Gasteiger partial charge in [-0.05, 0) is 6.26 Å².